The van der Waals surface area contributed by atoms with E-state index in [1.54, 1.807) is 11.3 Å². The molecule has 2 aromatic heterocycles. The summed E-state index contributed by atoms with van der Waals surface area (Å²) in [5.74, 6) is 1.46. The first-order valence-electron chi connectivity index (χ1n) is 11.2. The molecule has 1 N–H and O–H groups in total. The SMILES string of the molecule is O=C(CSc1nnc(Cc2cccs2)n1CCc1ccccc1)NC1CCCCCC1. The lowest BCUT2D eigenvalue weighted by Crippen LogP contribution is -2.35. The highest BCUT2D eigenvalue weighted by Gasteiger charge is 2.18. The molecule has 1 aromatic carbocycles. The number of carbonyl (C=O) groups is 1. The molecule has 31 heavy (non-hydrogen) atoms. The maximum absolute atomic E-state index is 12.6. The van der Waals surface area contributed by atoms with Gasteiger partial charge in [0.25, 0.3) is 0 Å². The molecule has 4 rings (SSSR count). The van der Waals surface area contributed by atoms with Crippen LogP contribution in [0.25, 0.3) is 0 Å². The summed E-state index contributed by atoms with van der Waals surface area (Å²) in [7, 11) is 0. The molecule has 164 valence electrons. The highest BCUT2D eigenvalue weighted by Crippen LogP contribution is 2.22. The zero-order valence-electron chi connectivity index (χ0n) is 17.8. The van der Waals surface area contributed by atoms with E-state index < -0.39 is 0 Å². The van der Waals surface area contributed by atoms with Gasteiger partial charge in [-0.25, -0.2) is 0 Å². The van der Waals surface area contributed by atoms with E-state index in [-0.39, 0.29) is 5.91 Å². The molecule has 5 nitrogen and oxygen atoms in total. The molecule has 3 aromatic rings. The number of thiophene rings is 1. The first-order chi connectivity index (χ1) is 15.3. The van der Waals surface area contributed by atoms with Crippen molar-refractivity contribution in [2.75, 3.05) is 5.75 Å². The highest BCUT2D eigenvalue weighted by molar-refractivity contribution is 7.99. The molecule has 0 radical (unpaired) electrons. The predicted molar refractivity (Wildman–Crippen MR) is 128 cm³/mol. The molecule has 0 spiro atoms. The van der Waals surface area contributed by atoms with Crippen LogP contribution >= 0.6 is 23.1 Å². The van der Waals surface area contributed by atoms with E-state index >= 15 is 0 Å². The molecule has 1 saturated carbocycles. The summed E-state index contributed by atoms with van der Waals surface area (Å²) in [5.41, 5.74) is 1.29. The Kier molecular flexibility index (Phi) is 8.18. The third-order valence-electron chi connectivity index (χ3n) is 5.73. The van der Waals surface area contributed by atoms with Crippen LogP contribution in [0.1, 0.15) is 54.8 Å². The summed E-state index contributed by atoms with van der Waals surface area (Å²) < 4.78 is 2.19. The van der Waals surface area contributed by atoms with Gasteiger partial charge in [0.2, 0.25) is 5.91 Å². The number of hydrogen-bond donors (Lipinski definition) is 1. The van der Waals surface area contributed by atoms with Crippen molar-refractivity contribution in [2.24, 2.45) is 0 Å². The quantitative estimate of drug-likeness (QED) is 0.361. The monoisotopic (exact) mass is 454 g/mol. The van der Waals surface area contributed by atoms with Crippen LogP contribution in [-0.4, -0.2) is 32.5 Å². The Morgan fingerprint density at radius 3 is 2.61 bits per heavy atom. The molecule has 0 saturated heterocycles. The Balaban J connectivity index is 1.40. The van der Waals surface area contributed by atoms with Gasteiger partial charge in [-0.2, -0.15) is 0 Å². The molecular weight excluding hydrogens is 424 g/mol. The fraction of sp³-hybridized carbons (Fsp3) is 0.458. The summed E-state index contributed by atoms with van der Waals surface area (Å²) >= 11 is 3.24. The van der Waals surface area contributed by atoms with E-state index in [9.17, 15) is 4.79 Å². The van der Waals surface area contributed by atoms with Crippen molar-refractivity contribution in [1.29, 1.82) is 0 Å². The van der Waals surface area contributed by atoms with Crippen LogP contribution in [0.3, 0.4) is 0 Å². The molecular formula is C24H30N4OS2. The van der Waals surface area contributed by atoms with Gasteiger partial charge in [-0.3, -0.25) is 4.79 Å². The molecule has 1 aliphatic rings. The van der Waals surface area contributed by atoms with Crippen molar-refractivity contribution in [1.82, 2.24) is 20.1 Å². The Hall–Kier alpha value is -2.12. The van der Waals surface area contributed by atoms with Crippen LogP contribution in [0.5, 0.6) is 0 Å². The molecule has 2 heterocycles. The van der Waals surface area contributed by atoms with Crippen molar-refractivity contribution >= 4 is 29.0 Å². The number of thioether (sulfide) groups is 1. The van der Waals surface area contributed by atoms with E-state index in [4.69, 9.17) is 0 Å². The Bertz CT molecular complexity index is 932. The van der Waals surface area contributed by atoms with Crippen LogP contribution in [-0.2, 0) is 24.2 Å². The van der Waals surface area contributed by atoms with Gasteiger partial charge in [0, 0.05) is 23.9 Å². The topological polar surface area (TPSA) is 59.8 Å². The van der Waals surface area contributed by atoms with E-state index in [0.29, 0.717) is 11.8 Å². The van der Waals surface area contributed by atoms with E-state index in [2.05, 4.69) is 61.9 Å². The molecule has 1 amide bonds. The number of rotatable bonds is 9. The van der Waals surface area contributed by atoms with Crippen LogP contribution in [0.4, 0.5) is 0 Å². The van der Waals surface area contributed by atoms with Crippen molar-refractivity contribution in [3.63, 3.8) is 0 Å². The summed E-state index contributed by atoms with van der Waals surface area (Å²) in [4.78, 5) is 13.8. The number of hydrogen-bond acceptors (Lipinski definition) is 5. The number of carbonyl (C=O) groups excluding carboxylic acids is 1. The number of nitrogens with one attached hydrogen (secondary N) is 1. The van der Waals surface area contributed by atoms with Gasteiger partial charge in [0.15, 0.2) is 5.16 Å². The second kappa shape index (κ2) is 11.5. The Morgan fingerprint density at radius 2 is 1.87 bits per heavy atom. The van der Waals surface area contributed by atoms with E-state index in [1.807, 2.05) is 6.07 Å². The minimum Gasteiger partial charge on any atom is -0.353 e. The predicted octanol–water partition coefficient (Wildman–Crippen LogP) is 5.10. The minimum atomic E-state index is 0.106. The lowest BCUT2D eigenvalue weighted by molar-refractivity contribution is -0.119. The maximum Gasteiger partial charge on any atom is 0.230 e. The number of amides is 1. The zero-order valence-corrected chi connectivity index (χ0v) is 19.5. The summed E-state index contributed by atoms with van der Waals surface area (Å²) in [6.45, 7) is 0.810. The largest absolute Gasteiger partial charge is 0.353 e. The van der Waals surface area contributed by atoms with Crippen LogP contribution in [0, 0.1) is 0 Å². The van der Waals surface area contributed by atoms with Gasteiger partial charge in [-0.15, -0.1) is 21.5 Å². The summed E-state index contributed by atoms with van der Waals surface area (Å²) in [6.07, 6.45) is 8.92. The average Bonchev–Trinajstić information content (AvgIpc) is 3.36. The number of nitrogens with zero attached hydrogens (tertiary/aromatic N) is 3. The van der Waals surface area contributed by atoms with Crippen molar-refractivity contribution in [3.8, 4) is 0 Å². The van der Waals surface area contributed by atoms with E-state index in [0.717, 1.165) is 43.2 Å². The van der Waals surface area contributed by atoms with E-state index in [1.165, 1.54) is 47.9 Å². The van der Waals surface area contributed by atoms with Gasteiger partial charge in [0.05, 0.1) is 5.75 Å². The Labute approximate surface area is 192 Å². The lowest BCUT2D eigenvalue weighted by atomic mass is 10.1. The van der Waals surface area contributed by atoms with Gasteiger partial charge in [-0.05, 0) is 36.3 Å². The number of aryl methyl sites for hydroxylation is 1. The molecule has 1 aliphatic carbocycles. The minimum absolute atomic E-state index is 0.106. The highest BCUT2D eigenvalue weighted by atomic mass is 32.2. The second-order valence-electron chi connectivity index (χ2n) is 8.09. The molecule has 0 atom stereocenters. The Morgan fingerprint density at radius 1 is 1.06 bits per heavy atom. The standard InChI is InChI=1S/C24H30N4OS2/c29-23(25-20-11-6-1-2-7-12-20)18-31-24-27-26-22(17-21-13-8-16-30-21)28(24)15-14-19-9-4-3-5-10-19/h3-5,8-10,13,16,20H,1-2,6-7,11-12,14-15,17-18H2,(H,25,29). The smallest absolute Gasteiger partial charge is 0.230 e. The maximum atomic E-state index is 12.6. The number of benzene rings is 1. The normalized spacial score (nSPS) is 15.0. The van der Waals surface area contributed by atoms with Crippen molar-refractivity contribution < 1.29 is 4.79 Å². The fourth-order valence-corrected chi connectivity index (χ4v) is 5.55. The van der Waals surface area contributed by atoms with Gasteiger partial charge < -0.3 is 9.88 Å². The van der Waals surface area contributed by atoms with Crippen LogP contribution in [0.2, 0.25) is 0 Å². The average molecular weight is 455 g/mol. The van der Waals surface area contributed by atoms with Gasteiger partial charge >= 0.3 is 0 Å². The van der Waals surface area contributed by atoms with Crippen molar-refractivity contribution in [2.45, 2.75) is 69.1 Å². The fourth-order valence-electron chi connectivity index (χ4n) is 4.06. The number of aromatic nitrogens is 3. The summed E-state index contributed by atoms with van der Waals surface area (Å²) in [6, 6.07) is 15.0. The lowest BCUT2D eigenvalue weighted by Gasteiger charge is -2.16. The van der Waals surface area contributed by atoms with Crippen LogP contribution in [0.15, 0.2) is 53.0 Å². The summed E-state index contributed by atoms with van der Waals surface area (Å²) in [5, 5.41) is 15.1. The molecule has 1 fully saturated rings. The first-order valence-corrected chi connectivity index (χ1v) is 13.0. The molecule has 0 unspecified atom stereocenters. The van der Waals surface area contributed by atoms with Crippen molar-refractivity contribution in [3.05, 3.63) is 64.1 Å². The first kappa shape index (κ1) is 22.1. The molecule has 0 aliphatic heterocycles. The van der Waals surface area contributed by atoms with Gasteiger partial charge in [0.1, 0.15) is 5.82 Å². The molecule has 0 bridgehead atoms. The third kappa shape index (κ3) is 6.68. The van der Waals surface area contributed by atoms with Crippen LogP contribution < -0.4 is 5.32 Å². The van der Waals surface area contributed by atoms with Gasteiger partial charge in [-0.1, -0.05) is 73.8 Å². The zero-order chi connectivity index (χ0) is 21.3. The third-order valence-corrected chi connectivity index (χ3v) is 7.57. The molecule has 7 heteroatoms. The second-order valence-corrected chi connectivity index (χ2v) is 10.1.